The van der Waals surface area contributed by atoms with E-state index in [1.807, 2.05) is 18.7 Å². The van der Waals surface area contributed by atoms with Gasteiger partial charge in [-0.2, -0.15) is 0 Å². The Morgan fingerprint density at radius 2 is 2.26 bits per heavy atom. The van der Waals surface area contributed by atoms with E-state index in [2.05, 4.69) is 20.3 Å². The number of hydrogen-bond donors (Lipinski definition) is 0. The highest BCUT2D eigenvalue weighted by molar-refractivity contribution is 7.13. The van der Waals surface area contributed by atoms with Crippen LogP contribution in [0.4, 0.5) is 5.13 Å². The highest BCUT2D eigenvalue weighted by Crippen LogP contribution is 2.42. The second-order valence-electron chi connectivity index (χ2n) is 6.62. The monoisotopic (exact) mass is 333 g/mol. The van der Waals surface area contributed by atoms with Crippen molar-refractivity contribution in [2.45, 2.75) is 33.2 Å². The van der Waals surface area contributed by atoms with Crippen molar-refractivity contribution in [3.8, 4) is 0 Å². The van der Waals surface area contributed by atoms with Crippen LogP contribution >= 0.6 is 11.3 Å². The summed E-state index contributed by atoms with van der Waals surface area (Å²) in [6, 6.07) is 0. The number of rotatable bonds is 3. The normalized spacial score (nSPS) is 24.3. The first-order valence-electron chi connectivity index (χ1n) is 7.77. The quantitative estimate of drug-likeness (QED) is 0.852. The fourth-order valence-corrected chi connectivity index (χ4v) is 4.31. The fourth-order valence-electron chi connectivity index (χ4n) is 3.72. The van der Waals surface area contributed by atoms with E-state index in [-0.39, 0.29) is 11.3 Å². The third-order valence-electron chi connectivity index (χ3n) is 4.99. The maximum atomic E-state index is 12.5. The van der Waals surface area contributed by atoms with Gasteiger partial charge in [0.05, 0.1) is 12.2 Å². The van der Waals surface area contributed by atoms with Gasteiger partial charge in [0.1, 0.15) is 11.3 Å². The van der Waals surface area contributed by atoms with Gasteiger partial charge in [0.25, 0.3) is 0 Å². The lowest BCUT2D eigenvalue weighted by Gasteiger charge is -2.23. The van der Waals surface area contributed by atoms with Gasteiger partial charge in [-0.1, -0.05) is 16.5 Å². The summed E-state index contributed by atoms with van der Waals surface area (Å²) < 4.78 is 5.21. The first-order chi connectivity index (χ1) is 11.1. The van der Waals surface area contributed by atoms with Crippen LogP contribution in [-0.4, -0.2) is 45.8 Å². The van der Waals surface area contributed by atoms with E-state index in [1.54, 1.807) is 16.8 Å². The molecule has 2 aliphatic heterocycles. The summed E-state index contributed by atoms with van der Waals surface area (Å²) in [5, 5.41) is 13.0. The maximum absolute atomic E-state index is 12.5. The Kier molecular flexibility index (Phi) is 3.37. The molecule has 122 valence electrons. The van der Waals surface area contributed by atoms with Gasteiger partial charge in [-0.05, 0) is 20.3 Å². The molecule has 23 heavy (non-hydrogen) atoms. The van der Waals surface area contributed by atoms with Crippen LogP contribution < -0.4 is 4.90 Å². The van der Waals surface area contributed by atoms with Crippen molar-refractivity contribution in [1.82, 2.24) is 20.3 Å². The van der Waals surface area contributed by atoms with Crippen molar-refractivity contribution in [2.75, 3.05) is 24.5 Å². The zero-order chi connectivity index (χ0) is 16.0. The predicted octanol–water partition coefficient (Wildman–Crippen LogP) is 1.77. The molecular formula is C15H19N5O2S. The summed E-state index contributed by atoms with van der Waals surface area (Å²) in [5.74, 6) is 1.03. The van der Waals surface area contributed by atoms with Crippen LogP contribution in [0.2, 0.25) is 0 Å². The average Bonchev–Trinajstić information content (AvgIpc) is 3.27. The molecule has 8 heteroatoms. The number of hydrogen-bond acceptors (Lipinski definition) is 7. The summed E-state index contributed by atoms with van der Waals surface area (Å²) in [7, 11) is 0. The Morgan fingerprint density at radius 1 is 1.39 bits per heavy atom. The molecule has 0 radical (unpaired) electrons. The average molecular weight is 333 g/mol. The zero-order valence-electron chi connectivity index (χ0n) is 13.3. The summed E-state index contributed by atoms with van der Waals surface area (Å²) in [4.78, 5) is 16.7. The Bertz CT molecular complexity index is 709. The van der Waals surface area contributed by atoms with Crippen LogP contribution in [0.3, 0.4) is 0 Å². The van der Waals surface area contributed by atoms with Crippen LogP contribution in [0, 0.1) is 19.3 Å². The van der Waals surface area contributed by atoms with E-state index in [4.69, 9.17) is 4.52 Å². The van der Waals surface area contributed by atoms with Crippen LogP contribution in [0.15, 0.2) is 10.0 Å². The molecule has 2 saturated heterocycles. The van der Waals surface area contributed by atoms with E-state index < -0.39 is 0 Å². The molecule has 2 aromatic heterocycles. The number of nitrogens with zero attached hydrogens (tertiary/aromatic N) is 5. The first kappa shape index (κ1) is 14.6. The van der Waals surface area contributed by atoms with Crippen LogP contribution in [0.5, 0.6) is 0 Å². The topological polar surface area (TPSA) is 75.4 Å². The van der Waals surface area contributed by atoms with Crippen molar-refractivity contribution >= 4 is 22.4 Å². The number of aryl methyl sites for hydroxylation is 2. The molecule has 2 aliphatic rings. The Morgan fingerprint density at radius 3 is 2.96 bits per heavy atom. The minimum absolute atomic E-state index is 0.0434. The summed E-state index contributed by atoms with van der Waals surface area (Å²) in [5.41, 5.74) is 3.71. The molecule has 1 unspecified atom stereocenters. The molecule has 1 atom stereocenters. The number of carbonyl (C=O) groups is 1. The van der Waals surface area contributed by atoms with Crippen LogP contribution in [0.25, 0.3) is 0 Å². The summed E-state index contributed by atoms with van der Waals surface area (Å²) in [6.07, 6.45) is 1.64. The molecule has 0 N–H and O–H groups in total. The van der Waals surface area contributed by atoms with Crippen molar-refractivity contribution in [3.63, 3.8) is 0 Å². The van der Waals surface area contributed by atoms with E-state index in [0.717, 1.165) is 48.2 Å². The zero-order valence-corrected chi connectivity index (χ0v) is 14.1. The highest BCUT2D eigenvalue weighted by atomic mass is 32.1. The molecule has 4 heterocycles. The van der Waals surface area contributed by atoms with Gasteiger partial charge in [0, 0.05) is 37.0 Å². The smallest absolute Gasteiger partial charge is 0.223 e. The van der Waals surface area contributed by atoms with Crippen LogP contribution in [0.1, 0.15) is 29.9 Å². The molecule has 4 rings (SSSR count). The summed E-state index contributed by atoms with van der Waals surface area (Å²) >= 11 is 1.56. The number of carbonyl (C=O) groups excluding carboxylic acids is 1. The fraction of sp³-hybridized carbons (Fsp3) is 0.600. The number of amides is 1. The Balaban J connectivity index is 1.48. The first-order valence-corrected chi connectivity index (χ1v) is 8.65. The standard InChI is InChI=1S/C15H19N5O2S/c1-10-12(11(2)22-18-10)6-20-8-15(5-13(20)21)3-4-19(7-15)14-17-16-9-23-14/h9H,3-8H2,1-2H3. The van der Waals surface area contributed by atoms with E-state index in [0.29, 0.717) is 13.0 Å². The molecule has 1 amide bonds. The molecule has 7 nitrogen and oxygen atoms in total. The van der Waals surface area contributed by atoms with Crippen molar-refractivity contribution in [1.29, 1.82) is 0 Å². The lowest BCUT2D eigenvalue weighted by Crippen LogP contribution is -2.31. The molecule has 0 aromatic carbocycles. The minimum atomic E-state index is 0.0434. The third kappa shape index (κ3) is 2.50. The molecule has 2 aromatic rings. The van der Waals surface area contributed by atoms with Crippen molar-refractivity contribution in [2.24, 2.45) is 5.41 Å². The molecule has 2 fully saturated rings. The van der Waals surface area contributed by atoms with Crippen molar-refractivity contribution < 1.29 is 9.32 Å². The lowest BCUT2D eigenvalue weighted by atomic mass is 9.86. The van der Waals surface area contributed by atoms with Gasteiger partial charge in [0.2, 0.25) is 11.0 Å². The van der Waals surface area contributed by atoms with Gasteiger partial charge in [0.15, 0.2) is 0 Å². The molecule has 0 saturated carbocycles. The second-order valence-corrected chi connectivity index (χ2v) is 7.43. The second kappa shape index (κ2) is 5.30. The highest BCUT2D eigenvalue weighted by Gasteiger charge is 2.48. The number of likely N-dealkylation sites (tertiary alicyclic amines) is 1. The van der Waals surface area contributed by atoms with Gasteiger partial charge in [-0.25, -0.2) is 0 Å². The Labute approximate surface area is 138 Å². The van der Waals surface area contributed by atoms with E-state index in [1.165, 1.54) is 0 Å². The molecule has 1 spiro atoms. The summed E-state index contributed by atoms with van der Waals surface area (Å²) in [6.45, 7) is 7.05. The molecule has 0 bridgehead atoms. The lowest BCUT2D eigenvalue weighted by molar-refractivity contribution is -0.128. The van der Waals surface area contributed by atoms with Gasteiger partial charge in [-0.3, -0.25) is 4.79 Å². The molecular weight excluding hydrogens is 314 g/mol. The third-order valence-corrected chi connectivity index (χ3v) is 5.74. The van der Waals surface area contributed by atoms with Gasteiger partial charge < -0.3 is 14.3 Å². The Hall–Kier alpha value is -1.96. The predicted molar refractivity (Wildman–Crippen MR) is 85.2 cm³/mol. The van der Waals surface area contributed by atoms with Crippen LogP contribution in [-0.2, 0) is 11.3 Å². The van der Waals surface area contributed by atoms with Gasteiger partial charge in [-0.15, -0.1) is 10.2 Å². The van der Waals surface area contributed by atoms with E-state index >= 15 is 0 Å². The molecule has 0 aliphatic carbocycles. The van der Waals surface area contributed by atoms with Crippen molar-refractivity contribution in [3.05, 3.63) is 22.5 Å². The maximum Gasteiger partial charge on any atom is 0.223 e. The minimum Gasteiger partial charge on any atom is -0.361 e. The van der Waals surface area contributed by atoms with E-state index in [9.17, 15) is 4.79 Å². The SMILES string of the molecule is Cc1noc(C)c1CN1CC2(CCN(c3nncs3)C2)CC1=O. The number of anilines is 1. The van der Waals surface area contributed by atoms with Gasteiger partial charge >= 0.3 is 0 Å². The largest absolute Gasteiger partial charge is 0.361 e. The number of aromatic nitrogens is 3.